The van der Waals surface area contributed by atoms with Crippen molar-refractivity contribution in [2.45, 2.75) is 13.3 Å². The fourth-order valence-corrected chi connectivity index (χ4v) is 1.81. The Bertz CT molecular complexity index is 295. The molecule has 0 saturated carbocycles. The molecule has 1 unspecified atom stereocenters. The van der Waals surface area contributed by atoms with Crippen molar-refractivity contribution >= 4 is 5.69 Å². The third-order valence-electron chi connectivity index (χ3n) is 2.75. The minimum atomic E-state index is 0.635. The van der Waals surface area contributed by atoms with Crippen molar-refractivity contribution < 1.29 is 0 Å². The van der Waals surface area contributed by atoms with E-state index < -0.39 is 0 Å². The smallest absolute Gasteiger partial charge is 0.125 e. The number of anilines is 1. The van der Waals surface area contributed by atoms with Crippen LogP contribution in [0.15, 0.2) is 12.4 Å². The van der Waals surface area contributed by atoms with Gasteiger partial charge in [-0.1, -0.05) is 0 Å². The van der Waals surface area contributed by atoms with Gasteiger partial charge in [-0.05, 0) is 25.8 Å². The zero-order valence-electron chi connectivity index (χ0n) is 8.48. The van der Waals surface area contributed by atoms with Gasteiger partial charge in [-0.15, -0.1) is 0 Å². The van der Waals surface area contributed by atoms with Crippen LogP contribution in [-0.2, 0) is 0 Å². The van der Waals surface area contributed by atoms with Crippen LogP contribution in [0.5, 0.6) is 0 Å². The Morgan fingerprint density at radius 1 is 1.50 bits per heavy atom. The first-order valence-corrected chi connectivity index (χ1v) is 5.03. The number of aryl methyl sites for hydroxylation is 1. The van der Waals surface area contributed by atoms with E-state index >= 15 is 0 Å². The Labute approximate surface area is 84.2 Å². The molecule has 0 bridgehead atoms. The lowest BCUT2D eigenvalue weighted by atomic mass is 10.1. The van der Waals surface area contributed by atoms with Crippen LogP contribution in [0, 0.1) is 12.8 Å². The van der Waals surface area contributed by atoms with Crippen LogP contribution in [0.3, 0.4) is 0 Å². The molecular formula is C10H16N4. The third-order valence-corrected chi connectivity index (χ3v) is 2.75. The van der Waals surface area contributed by atoms with Crippen molar-refractivity contribution in [2.75, 3.05) is 24.5 Å². The SMILES string of the molecule is Cc1ncc(N2CCC(CN)C2)cn1. The quantitative estimate of drug-likeness (QED) is 0.744. The number of rotatable bonds is 2. The van der Waals surface area contributed by atoms with E-state index in [0.717, 1.165) is 31.1 Å². The minimum Gasteiger partial charge on any atom is -0.369 e. The first-order valence-electron chi connectivity index (χ1n) is 5.03. The molecule has 1 aromatic rings. The van der Waals surface area contributed by atoms with Gasteiger partial charge in [0.2, 0.25) is 0 Å². The molecule has 1 aromatic heterocycles. The molecule has 0 aromatic carbocycles. The molecule has 76 valence electrons. The summed E-state index contributed by atoms with van der Waals surface area (Å²) in [6.45, 7) is 4.80. The highest BCUT2D eigenvalue weighted by Crippen LogP contribution is 2.21. The number of nitrogens with zero attached hydrogens (tertiary/aromatic N) is 3. The van der Waals surface area contributed by atoms with Crippen molar-refractivity contribution in [1.29, 1.82) is 0 Å². The first kappa shape index (κ1) is 9.40. The van der Waals surface area contributed by atoms with Crippen molar-refractivity contribution in [3.63, 3.8) is 0 Å². The minimum absolute atomic E-state index is 0.635. The van der Waals surface area contributed by atoms with Gasteiger partial charge in [0.15, 0.2) is 0 Å². The van der Waals surface area contributed by atoms with Crippen LogP contribution in [-0.4, -0.2) is 29.6 Å². The van der Waals surface area contributed by atoms with Crippen molar-refractivity contribution in [1.82, 2.24) is 9.97 Å². The molecule has 1 aliphatic rings. The van der Waals surface area contributed by atoms with Gasteiger partial charge in [0.1, 0.15) is 5.82 Å². The van der Waals surface area contributed by atoms with Crippen LogP contribution in [0.2, 0.25) is 0 Å². The van der Waals surface area contributed by atoms with Crippen molar-refractivity contribution in [2.24, 2.45) is 11.7 Å². The number of hydrogen-bond acceptors (Lipinski definition) is 4. The summed E-state index contributed by atoms with van der Waals surface area (Å²) in [7, 11) is 0. The lowest BCUT2D eigenvalue weighted by molar-refractivity contribution is 0.602. The van der Waals surface area contributed by atoms with E-state index in [1.54, 1.807) is 0 Å². The molecule has 0 aliphatic carbocycles. The zero-order chi connectivity index (χ0) is 9.97. The van der Waals surface area contributed by atoms with E-state index in [4.69, 9.17) is 5.73 Å². The molecule has 1 atom stereocenters. The van der Waals surface area contributed by atoms with Crippen molar-refractivity contribution in [3.8, 4) is 0 Å². The summed E-state index contributed by atoms with van der Waals surface area (Å²) in [6, 6.07) is 0. The van der Waals surface area contributed by atoms with Crippen LogP contribution in [0.25, 0.3) is 0 Å². The summed E-state index contributed by atoms with van der Waals surface area (Å²) in [5.74, 6) is 1.46. The zero-order valence-corrected chi connectivity index (χ0v) is 8.48. The van der Waals surface area contributed by atoms with Crippen LogP contribution in [0.4, 0.5) is 5.69 Å². The molecule has 2 rings (SSSR count). The monoisotopic (exact) mass is 192 g/mol. The highest BCUT2D eigenvalue weighted by atomic mass is 15.2. The van der Waals surface area contributed by atoms with E-state index in [2.05, 4.69) is 14.9 Å². The predicted molar refractivity (Wildman–Crippen MR) is 56.1 cm³/mol. The Hall–Kier alpha value is -1.16. The van der Waals surface area contributed by atoms with E-state index in [9.17, 15) is 0 Å². The average Bonchev–Trinajstić information content (AvgIpc) is 2.67. The fraction of sp³-hybridized carbons (Fsp3) is 0.600. The van der Waals surface area contributed by atoms with Crippen LogP contribution >= 0.6 is 0 Å². The van der Waals surface area contributed by atoms with Crippen LogP contribution in [0.1, 0.15) is 12.2 Å². The molecule has 0 radical (unpaired) electrons. The number of nitrogens with two attached hydrogens (primary N) is 1. The Morgan fingerprint density at radius 2 is 2.21 bits per heavy atom. The summed E-state index contributed by atoms with van der Waals surface area (Å²) < 4.78 is 0. The summed E-state index contributed by atoms with van der Waals surface area (Å²) in [5.41, 5.74) is 6.76. The molecule has 2 heterocycles. The summed E-state index contributed by atoms with van der Waals surface area (Å²) >= 11 is 0. The highest BCUT2D eigenvalue weighted by Gasteiger charge is 2.21. The lowest BCUT2D eigenvalue weighted by Crippen LogP contribution is -2.22. The van der Waals surface area contributed by atoms with E-state index in [1.165, 1.54) is 6.42 Å². The third kappa shape index (κ3) is 1.85. The molecule has 2 N–H and O–H groups in total. The first-order chi connectivity index (χ1) is 6.79. The van der Waals surface area contributed by atoms with E-state index in [0.29, 0.717) is 5.92 Å². The average molecular weight is 192 g/mol. The summed E-state index contributed by atoms with van der Waals surface area (Å²) in [6.07, 6.45) is 4.97. The Kier molecular flexibility index (Phi) is 2.63. The molecule has 14 heavy (non-hydrogen) atoms. The number of aromatic nitrogens is 2. The molecular weight excluding hydrogens is 176 g/mol. The molecule has 1 aliphatic heterocycles. The fourth-order valence-electron chi connectivity index (χ4n) is 1.81. The second-order valence-corrected chi connectivity index (χ2v) is 3.82. The summed E-state index contributed by atoms with van der Waals surface area (Å²) in [5, 5.41) is 0. The van der Waals surface area contributed by atoms with Gasteiger partial charge < -0.3 is 10.6 Å². The number of hydrogen-bond donors (Lipinski definition) is 1. The largest absolute Gasteiger partial charge is 0.369 e. The standard InChI is InChI=1S/C10H16N4/c1-8-12-5-10(6-13-8)14-3-2-9(4-11)7-14/h5-6,9H,2-4,7,11H2,1H3. The van der Waals surface area contributed by atoms with Crippen LogP contribution < -0.4 is 10.6 Å². The maximum absolute atomic E-state index is 5.64. The Morgan fingerprint density at radius 3 is 2.79 bits per heavy atom. The maximum atomic E-state index is 5.64. The van der Waals surface area contributed by atoms with Crippen molar-refractivity contribution in [3.05, 3.63) is 18.2 Å². The summed E-state index contributed by atoms with van der Waals surface area (Å²) in [4.78, 5) is 10.7. The van der Waals surface area contributed by atoms with Gasteiger partial charge in [0.05, 0.1) is 18.1 Å². The molecule has 0 amide bonds. The second-order valence-electron chi connectivity index (χ2n) is 3.82. The Balaban J connectivity index is 2.06. The normalized spacial score (nSPS) is 21.6. The highest BCUT2D eigenvalue weighted by molar-refractivity contribution is 5.43. The van der Waals surface area contributed by atoms with Gasteiger partial charge in [0.25, 0.3) is 0 Å². The van der Waals surface area contributed by atoms with Gasteiger partial charge in [-0.3, -0.25) is 0 Å². The predicted octanol–water partition coefficient (Wildman–Crippen LogP) is 0.570. The topological polar surface area (TPSA) is 55.0 Å². The van der Waals surface area contributed by atoms with Gasteiger partial charge >= 0.3 is 0 Å². The van der Waals surface area contributed by atoms with Gasteiger partial charge in [-0.25, -0.2) is 9.97 Å². The lowest BCUT2D eigenvalue weighted by Gasteiger charge is -2.17. The molecule has 4 heteroatoms. The van der Waals surface area contributed by atoms with E-state index in [1.807, 2.05) is 19.3 Å². The molecule has 1 saturated heterocycles. The molecule has 4 nitrogen and oxygen atoms in total. The molecule has 0 spiro atoms. The maximum Gasteiger partial charge on any atom is 0.125 e. The van der Waals surface area contributed by atoms with E-state index in [-0.39, 0.29) is 0 Å². The van der Waals surface area contributed by atoms with Gasteiger partial charge in [-0.2, -0.15) is 0 Å². The van der Waals surface area contributed by atoms with Gasteiger partial charge in [0, 0.05) is 13.1 Å². The second kappa shape index (κ2) is 3.92. The molecule has 1 fully saturated rings.